The first kappa shape index (κ1) is 20.8. The van der Waals surface area contributed by atoms with Crippen molar-refractivity contribution in [3.05, 3.63) is 47.3 Å². The molecule has 4 aliphatic rings. The van der Waals surface area contributed by atoms with Gasteiger partial charge in [-0.2, -0.15) is 5.26 Å². The standard InChI is InChI=1S/C23H23F2N5O2/c24-15-3-14(4-16(25)5-15)19-18(9-26)28-10-17(21(32)29-23-6-13(7-23)8-23)20(19)30-2-1-22(27,11-30)12-31/h3-5,10,13,31H,1-2,6-8,11-12,27H2,(H,29,32)/t13?,22-,23?/m1/s1. The lowest BCUT2D eigenvalue weighted by Gasteiger charge is -2.61. The van der Waals surface area contributed by atoms with Crippen LogP contribution in [0.1, 0.15) is 41.7 Å². The molecule has 1 aromatic carbocycles. The summed E-state index contributed by atoms with van der Waals surface area (Å²) in [6.07, 6.45) is 4.63. The fraction of sp³-hybridized carbons (Fsp3) is 0.435. The number of halogens is 2. The van der Waals surface area contributed by atoms with Crippen molar-refractivity contribution >= 4 is 11.6 Å². The maximum absolute atomic E-state index is 14.1. The first-order valence-corrected chi connectivity index (χ1v) is 10.6. The third-order valence-corrected chi connectivity index (χ3v) is 6.99. The number of hydrogen-bond donors (Lipinski definition) is 3. The van der Waals surface area contributed by atoms with Crippen LogP contribution in [0.5, 0.6) is 0 Å². The molecule has 1 amide bonds. The summed E-state index contributed by atoms with van der Waals surface area (Å²) in [5.41, 5.74) is 6.00. The number of nitrogens with zero attached hydrogens (tertiary/aromatic N) is 3. The first-order valence-electron chi connectivity index (χ1n) is 10.6. The molecule has 3 aliphatic carbocycles. The Labute approximate surface area is 183 Å². The molecule has 6 rings (SSSR count). The maximum Gasteiger partial charge on any atom is 0.255 e. The molecule has 3 saturated carbocycles. The molecule has 0 radical (unpaired) electrons. The van der Waals surface area contributed by atoms with Gasteiger partial charge in [0.05, 0.1) is 23.4 Å². The van der Waals surface area contributed by atoms with Gasteiger partial charge in [0.2, 0.25) is 0 Å². The Kier molecular flexibility index (Phi) is 4.69. The Morgan fingerprint density at radius 3 is 2.53 bits per heavy atom. The molecule has 9 heteroatoms. The Balaban J connectivity index is 1.66. The highest BCUT2D eigenvalue weighted by Gasteiger charge is 2.57. The SMILES string of the molecule is N#Cc1ncc(C(=O)NC23CC(C2)C3)c(N2CC[C@](N)(CO)C2)c1-c1cc(F)cc(F)c1. The van der Waals surface area contributed by atoms with Crippen molar-refractivity contribution in [3.8, 4) is 17.2 Å². The summed E-state index contributed by atoms with van der Waals surface area (Å²) >= 11 is 0. The number of aliphatic hydroxyl groups is 1. The Morgan fingerprint density at radius 1 is 1.31 bits per heavy atom. The van der Waals surface area contributed by atoms with Crippen molar-refractivity contribution in [2.45, 2.75) is 36.8 Å². The fourth-order valence-corrected chi connectivity index (χ4v) is 5.21. The molecule has 1 aromatic heterocycles. The summed E-state index contributed by atoms with van der Waals surface area (Å²) in [6, 6.07) is 4.96. The Hall–Kier alpha value is -3.09. The number of nitrogens with two attached hydrogens (primary N) is 1. The van der Waals surface area contributed by atoms with E-state index in [0.717, 1.165) is 37.5 Å². The van der Waals surface area contributed by atoms with Gasteiger partial charge in [0, 0.05) is 36.5 Å². The number of benzene rings is 1. The lowest BCUT2D eigenvalue weighted by molar-refractivity contribution is -0.0438. The minimum absolute atomic E-state index is 0.0504. The number of nitriles is 1. The zero-order valence-corrected chi connectivity index (χ0v) is 17.4. The van der Waals surface area contributed by atoms with Crippen molar-refractivity contribution in [1.29, 1.82) is 5.26 Å². The molecule has 1 aliphatic heterocycles. The summed E-state index contributed by atoms with van der Waals surface area (Å²) in [7, 11) is 0. The molecule has 4 fully saturated rings. The highest BCUT2D eigenvalue weighted by Crippen LogP contribution is 2.57. The van der Waals surface area contributed by atoms with Gasteiger partial charge in [-0.25, -0.2) is 13.8 Å². The summed E-state index contributed by atoms with van der Waals surface area (Å²) in [5.74, 6) is -1.28. The average molecular weight is 439 g/mol. The van der Waals surface area contributed by atoms with Gasteiger partial charge in [0.15, 0.2) is 0 Å². The number of nitrogens with one attached hydrogen (secondary N) is 1. The molecule has 32 heavy (non-hydrogen) atoms. The smallest absolute Gasteiger partial charge is 0.255 e. The number of carbonyl (C=O) groups excluding carboxylic acids is 1. The minimum atomic E-state index is -0.887. The molecule has 166 valence electrons. The van der Waals surface area contributed by atoms with E-state index in [1.807, 2.05) is 6.07 Å². The molecule has 2 bridgehead atoms. The summed E-state index contributed by atoms with van der Waals surface area (Å²) < 4.78 is 28.2. The number of rotatable bonds is 5. The highest BCUT2D eigenvalue weighted by atomic mass is 19.1. The monoisotopic (exact) mass is 439 g/mol. The molecule has 2 aromatic rings. The van der Waals surface area contributed by atoms with E-state index in [1.165, 1.54) is 6.20 Å². The second kappa shape index (κ2) is 7.22. The lowest BCUT2D eigenvalue weighted by atomic mass is 9.50. The molecular weight excluding hydrogens is 416 g/mol. The highest BCUT2D eigenvalue weighted by molar-refractivity contribution is 6.04. The third kappa shape index (κ3) is 3.31. The van der Waals surface area contributed by atoms with E-state index in [-0.39, 0.29) is 47.0 Å². The van der Waals surface area contributed by atoms with Gasteiger partial charge < -0.3 is 21.1 Å². The number of hydrogen-bond acceptors (Lipinski definition) is 6. The average Bonchev–Trinajstić information content (AvgIpc) is 3.10. The van der Waals surface area contributed by atoms with Crippen LogP contribution in [0.2, 0.25) is 0 Å². The van der Waals surface area contributed by atoms with E-state index in [9.17, 15) is 23.9 Å². The number of aromatic nitrogens is 1. The topological polar surface area (TPSA) is 115 Å². The molecule has 2 heterocycles. The number of aliphatic hydroxyl groups excluding tert-OH is 1. The van der Waals surface area contributed by atoms with Gasteiger partial charge in [-0.3, -0.25) is 4.79 Å². The predicted octanol–water partition coefficient (Wildman–Crippen LogP) is 2.08. The van der Waals surface area contributed by atoms with E-state index in [2.05, 4.69) is 10.3 Å². The van der Waals surface area contributed by atoms with Gasteiger partial charge in [-0.15, -0.1) is 0 Å². The van der Waals surface area contributed by atoms with E-state index in [1.54, 1.807) is 4.90 Å². The normalized spacial score (nSPS) is 28.0. The summed E-state index contributed by atoms with van der Waals surface area (Å²) in [4.78, 5) is 19.3. The van der Waals surface area contributed by atoms with Crippen LogP contribution in [0, 0.1) is 28.9 Å². The molecule has 1 saturated heterocycles. The van der Waals surface area contributed by atoms with E-state index in [4.69, 9.17) is 5.73 Å². The fourth-order valence-electron chi connectivity index (χ4n) is 5.21. The second-order valence-corrected chi connectivity index (χ2v) is 9.42. The van der Waals surface area contributed by atoms with Crippen molar-refractivity contribution in [2.75, 3.05) is 24.6 Å². The van der Waals surface area contributed by atoms with Crippen LogP contribution in [-0.4, -0.2) is 46.8 Å². The second-order valence-electron chi connectivity index (χ2n) is 9.42. The predicted molar refractivity (Wildman–Crippen MR) is 113 cm³/mol. The van der Waals surface area contributed by atoms with Crippen molar-refractivity contribution < 1.29 is 18.7 Å². The molecule has 1 atom stereocenters. The van der Waals surface area contributed by atoms with Gasteiger partial charge in [0.25, 0.3) is 5.91 Å². The molecule has 4 N–H and O–H groups in total. The quantitative estimate of drug-likeness (QED) is 0.657. The van der Waals surface area contributed by atoms with E-state index < -0.39 is 17.2 Å². The van der Waals surface area contributed by atoms with Crippen LogP contribution in [0.25, 0.3) is 11.1 Å². The first-order chi connectivity index (χ1) is 15.2. The van der Waals surface area contributed by atoms with Crippen LogP contribution in [0.4, 0.5) is 14.5 Å². The van der Waals surface area contributed by atoms with E-state index in [0.29, 0.717) is 24.6 Å². The Morgan fingerprint density at radius 2 is 2.00 bits per heavy atom. The molecule has 7 nitrogen and oxygen atoms in total. The molecule has 0 spiro atoms. The van der Waals surface area contributed by atoms with Crippen LogP contribution in [0.3, 0.4) is 0 Å². The van der Waals surface area contributed by atoms with Crippen LogP contribution in [0.15, 0.2) is 24.4 Å². The zero-order chi connectivity index (χ0) is 22.7. The van der Waals surface area contributed by atoms with Gasteiger partial charge >= 0.3 is 0 Å². The molecular formula is C23H23F2N5O2. The van der Waals surface area contributed by atoms with Crippen LogP contribution >= 0.6 is 0 Å². The van der Waals surface area contributed by atoms with Gasteiger partial charge in [-0.1, -0.05) is 0 Å². The summed E-state index contributed by atoms with van der Waals surface area (Å²) in [6.45, 7) is 0.372. The zero-order valence-electron chi connectivity index (χ0n) is 17.4. The van der Waals surface area contributed by atoms with Crippen LogP contribution < -0.4 is 16.0 Å². The largest absolute Gasteiger partial charge is 0.394 e. The van der Waals surface area contributed by atoms with Crippen molar-refractivity contribution in [2.24, 2.45) is 11.7 Å². The van der Waals surface area contributed by atoms with Crippen LogP contribution in [-0.2, 0) is 0 Å². The van der Waals surface area contributed by atoms with Crippen molar-refractivity contribution in [1.82, 2.24) is 10.3 Å². The molecule has 0 unspecified atom stereocenters. The number of amides is 1. The third-order valence-electron chi connectivity index (χ3n) is 6.99. The van der Waals surface area contributed by atoms with Gasteiger partial charge in [0.1, 0.15) is 23.4 Å². The number of pyridine rings is 1. The minimum Gasteiger partial charge on any atom is -0.394 e. The maximum atomic E-state index is 14.1. The number of carbonyl (C=O) groups is 1. The van der Waals surface area contributed by atoms with Gasteiger partial charge in [-0.05, 0) is 49.3 Å². The summed E-state index contributed by atoms with van der Waals surface area (Å²) in [5, 5.41) is 22.5. The Bertz CT molecular complexity index is 1130. The number of anilines is 1. The van der Waals surface area contributed by atoms with E-state index >= 15 is 0 Å². The van der Waals surface area contributed by atoms with Crippen molar-refractivity contribution in [3.63, 3.8) is 0 Å². The lowest BCUT2D eigenvalue weighted by Crippen LogP contribution is -2.68.